The van der Waals surface area contributed by atoms with Crippen LogP contribution < -0.4 is 9.64 Å². The molecule has 0 aromatic heterocycles. The van der Waals surface area contributed by atoms with Gasteiger partial charge in [-0.2, -0.15) is 0 Å². The number of halogens is 4. The van der Waals surface area contributed by atoms with Crippen LogP contribution in [0.5, 0.6) is 5.75 Å². The highest BCUT2D eigenvalue weighted by Crippen LogP contribution is 2.43. The fourth-order valence-electron chi connectivity index (χ4n) is 7.09. The van der Waals surface area contributed by atoms with E-state index in [0.717, 1.165) is 63.1 Å². The predicted molar refractivity (Wildman–Crippen MR) is 180 cm³/mol. The number of fused-ring (bicyclic) bond motifs is 1. The van der Waals surface area contributed by atoms with Gasteiger partial charge in [0.15, 0.2) is 0 Å². The molecule has 1 N–H and O–H groups in total. The number of carbonyl (C=O) groups is 1. The second-order valence-corrected chi connectivity index (χ2v) is 13.4. The Morgan fingerprint density at radius 3 is 2.17 bits per heavy atom. The van der Waals surface area contributed by atoms with Gasteiger partial charge in [-0.25, -0.2) is 17.6 Å². The minimum absolute atomic E-state index is 0.00746. The van der Waals surface area contributed by atoms with E-state index in [1.807, 2.05) is 53.1 Å². The molecule has 1 fully saturated rings. The Balaban J connectivity index is 1.42. The van der Waals surface area contributed by atoms with Gasteiger partial charge in [-0.1, -0.05) is 49.2 Å². The third-order valence-electron chi connectivity index (χ3n) is 9.40. The van der Waals surface area contributed by atoms with Crippen molar-refractivity contribution in [3.05, 3.63) is 94.6 Å². The molecule has 0 amide bonds. The second kappa shape index (κ2) is 16.2. The first-order chi connectivity index (χ1) is 23.0. The highest BCUT2D eigenvalue weighted by molar-refractivity contribution is 5.69. The topological polar surface area (TPSA) is 56.3 Å². The average Bonchev–Trinajstić information content (AvgIpc) is 3.02. The van der Waals surface area contributed by atoms with Gasteiger partial charge < -0.3 is 14.7 Å². The summed E-state index contributed by atoms with van der Waals surface area (Å²) in [4.78, 5) is 16.7. The van der Waals surface area contributed by atoms with E-state index in [1.54, 1.807) is 12.1 Å². The number of alkyl halides is 2. The van der Waals surface area contributed by atoms with Crippen LogP contribution in [0.2, 0.25) is 0 Å². The number of aliphatic carboxylic acids is 1. The fourth-order valence-corrected chi connectivity index (χ4v) is 7.09. The maximum absolute atomic E-state index is 16.3. The van der Waals surface area contributed by atoms with Gasteiger partial charge in [-0.15, -0.1) is 0 Å². The summed E-state index contributed by atoms with van der Waals surface area (Å²) in [5, 5.41) is 9.26. The van der Waals surface area contributed by atoms with Crippen LogP contribution in [-0.2, 0) is 17.8 Å². The molecule has 1 unspecified atom stereocenters. The number of nitrogens with zero attached hydrogens (tertiary/aromatic N) is 3. The van der Waals surface area contributed by atoms with Crippen molar-refractivity contribution in [2.75, 3.05) is 44.2 Å². The number of hydrogen-bond donors (Lipinski definition) is 1. The van der Waals surface area contributed by atoms with Crippen LogP contribution in [0.3, 0.4) is 0 Å². The van der Waals surface area contributed by atoms with Gasteiger partial charge in [0.05, 0.1) is 19.1 Å². The molecule has 0 saturated carbocycles. The Morgan fingerprint density at radius 2 is 1.52 bits per heavy atom. The summed E-state index contributed by atoms with van der Waals surface area (Å²) in [5.41, 5.74) is 2.60. The summed E-state index contributed by atoms with van der Waals surface area (Å²) in [6, 6.07) is 16.3. The number of ether oxygens (including phenoxy) is 1. The van der Waals surface area contributed by atoms with Gasteiger partial charge >= 0.3 is 5.97 Å². The number of rotatable bonds is 9. The van der Waals surface area contributed by atoms with Gasteiger partial charge in [-0.3, -0.25) is 14.6 Å². The molecule has 48 heavy (non-hydrogen) atoms. The van der Waals surface area contributed by atoms with Crippen molar-refractivity contribution in [1.29, 1.82) is 0 Å². The zero-order valence-electron chi connectivity index (χ0n) is 27.9. The molecule has 3 aromatic carbocycles. The minimum Gasteiger partial charge on any atom is -0.489 e. The van der Waals surface area contributed by atoms with Crippen LogP contribution in [0.25, 0.3) is 0 Å². The molecular weight excluding hydrogens is 622 g/mol. The fraction of sp³-hybridized carbons (Fsp3) is 0.500. The number of carboxylic acids is 1. The van der Waals surface area contributed by atoms with E-state index in [-0.39, 0.29) is 12.1 Å². The van der Waals surface area contributed by atoms with Crippen molar-refractivity contribution in [1.82, 2.24) is 9.80 Å². The molecule has 0 bridgehead atoms. The molecule has 2 aliphatic rings. The summed E-state index contributed by atoms with van der Waals surface area (Å²) in [5.74, 6) is -4.83. The van der Waals surface area contributed by atoms with Crippen molar-refractivity contribution in [3.63, 3.8) is 0 Å². The average molecular weight is 670 g/mol. The highest BCUT2D eigenvalue weighted by atomic mass is 19.3. The number of hydrogen-bond acceptors (Lipinski definition) is 5. The Hall–Kier alpha value is -3.63. The molecule has 2 aliphatic heterocycles. The van der Waals surface area contributed by atoms with Crippen LogP contribution in [0, 0.1) is 11.6 Å². The molecule has 260 valence electrons. The lowest BCUT2D eigenvalue weighted by atomic mass is 9.84. The van der Waals surface area contributed by atoms with Crippen molar-refractivity contribution in [3.8, 4) is 5.75 Å². The Morgan fingerprint density at radius 1 is 0.896 bits per heavy atom. The van der Waals surface area contributed by atoms with Gasteiger partial charge in [0.2, 0.25) is 0 Å². The van der Waals surface area contributed by atoms with Gasteiger partial charge in [0.25, 0.3) is 5.92 Å². The molecule has 1 saturated heterocycles. The summed E-state index contributed by atoms with van der Waals surface area (Å²) in [6.45, 7) is 4.98. The largest absolute Gasteiger partial charge is 0.489 e. The maximum atomic E-state index is 16.3. The molecule has 6 nitrogen and oxygen atoms in total. The van der Waals surface area contributed by atoms with Crippen molar-refractivity contribution < 1.29 is 32.2 Å². The molecule has 2 heterocycles. The van der Waals surface area contributed by atoms with E-state index in [2.05, 4.69) is 0 Å². The van der Waals surface area contributed by atoms with Crippen LogP contribution >= 0.6 is 0 Å². The van der Waals surface area contributed by atoms with E-state index in [1.165, 1.54) is 17.0 Å². The van der Waals surface area contributed by atoms with Crippen molar-refractivity contribution >= 4 is 11.7 Å². The SMILES string of the molecule is C[C@@H]1Cc2cc(OCc3ccccc3)ccc2C(c2c(F)cc(N3CCCCCCN(CC(=O)O)CCCC3)cc2F)N1CC(C)(F)F. The highest BCUT2D eigenvalue weighted by Gasteiger charge is 2.40. The van der Waals surface area contributed by atoms with Gasteiger partial charge in [-0.05, 0) is 93.1 Å². The number of carboxylic acid groups (broad SMARTS) is 1. The van der Waals surface area contributed by atoms with Crippen LogP contribution in [-0.4, -0.2) is 72.1 Å². The summed E-state index contributed by atoms with van der Waals surface area (Å²) >= 11 is 0. The van der Waals surface area contributed by atoms with E-state index in [9.17, 15) is 18.7 Å². The van der Waals surface area contributed by atoms with Gasteiger partial charge in [0.1, 0.15) is 24.0 Å². The Labute approximate surface area is 281 Å². The first-order valence-electron chi connectivity index (χ1n) is 17.1. The molecular formula is C38H47F4N3O3. The monoisotopic (exact) mass is 669 g/mol. The molecule has 0 radical (unpaired) electrons. The molecule has 3 aromatic rings. The normalized spacial score (nSPS) is 20.4. The maximum Gasteiger partial charge on any atom is 0.317 e. The quantitative estimate of drug-likeness (QED) is 0.233. The van der Waals surface area contributed by atoms with E-state index < -0.39 is 42.2 Å². The van der Waals surface area contributed by atoms with E-state index in [0.29, 0.717) is 49.7 Å². The zero-order valence-corrected chi connectivity index (χ0v) is 27.9. The Kier molecular flexibility index (Phi) is 12.0. The lowest BCUT2D eigenvalue weighted by Crippen LogP contribution is -2.48. The third-order valence-corrected chi connectivity index (χ3v) is 9.40. The Bertz CT molecular complexity index is 1490. The first kappa shape index (κ1) is 35.7. The van der Waals surface area contributed by atoms with Gasteiger partial charge in [0, 0.05) is 37.3 Å². The zero-order chi connectivity index (χ0) is 34.3. The van der Waals surface area contributed by atoms with E-state index in [4.69, 9.17) is 4.74 Å². The smallest absolute Gasteiger partial charge is 0.317 e. The predicted octanol–water partition coefficient (Wildman–Crippen LogP) is 8.08. The number of benzene rings is 3. The molecule has 2 atom stereocenters. The minimum atomic E-state index is -3.07. The first-order valence-corrected chi connectivity index (χ1v) is 17.1. The third kappa shape index (κ3) is 9.50. The van der Waals surface area contributed by atoms with Crippen LogP contribution in [0.15, 0.2) is 60.7 Å². The summed E-state index contributed by atoms with van der Waals surface area (Å²) in [7, 11) is 0. The lowest BCUT2D eigenvalue weighted by molar-refractivity contribution is -0.138. The molecule has 10 heteroatoms. The van der Waals surface area contributed by atoms with Crippen LogP contribution in [0.1, 0.15) is 80.7 Å². The van der Waals surface area contributed by atoms with Crippen molar-refractivity contribution in [2.45, 2.75) is 83.4 Å². The molecule has 5 rings (SSSR count). The lowest BCUT2D eigenvalue weighted by Gasteiger charge is -2.43. The van der Waals surface area contributed by atoms with Crippen molar-refractivity contribution in [2.24, 2.45) is 0 Å². The molecule has 0 spiro atoms. The standard InChI is InChI=1S/C38H47F4N3O3/c1-27-20-29-21-31(48-25-28-12-6-5-7-13-28)14-15-32(29)37(45(27)26-38(2,41)42)36-33(39)22-30(23-34(36)40)44-18-9-4-3-8-16-43(24-35(46)47)17-10-11-19-44/h5-7,12-15,21-23,27,37H,3-4,8-11,16-20,24-26H2,1-2H3,(H,46,47)/t27-,37?/m1/s1. The van der Waals surface area contributed by atoms with E-state index >= 15 is 8.78 Å². The summed E-state index contributed by atoms with van der Waals surface area (Å²) < 4.78 is 67.8. The summed E-state index contributed by atoms with van der Waals surface area (Å²) in [6.07, 6.45) is 5.55. The van der Waals surface area contributed by atoms with Crippen LogP contribution in [0.4, 0.5) is 23.2 Å². The second-order valence-electron chi connectivity index (χ2n) is 13.4. The molecule has 0 aliphatic carbocycles. The number of anilines is 1.